The molecule has 0 aliphatic carbocycles. The van der Waals surface area contributed by atoms with Crippen LogP contribution in [-0.4, -0.2) is 47.9 Å². The number of thiophene rings is 1. The van der Waals surface area contributed by atoms with Crippen molar-refractivity contribution in [2.24, 2.45) is 0 Å². The Labute approximate surface area is 199 Å². The molecule has 33 heavy (non-hydrogen) atoms. The van der Waals surface area contributed by atoms with Gasteiger partial charge in [0.15, 0.2) is 0 Å². The van der Waals surface area contributed by atoms with Crippen LogP contribution < -0.4 is 4.74 Å². The normalized spacial score (nSPS) is 15.3. The summed E-state index contributed by atoms with van der Waals surface area (Å²) in [6, 6.07) is 17.3. The largest absolute Gasteiger partial charge is 0.497 e. The zero-order valence-electron chi connectivity index (χ0n) is 19.6. The van der Waals surface area contributed by atoms with Gasteiger partial charge in [-0.2, -0.15) is 0 Å². The second-order valence-electron chi connectivity index (χ2n) is 8.70. The Hall–Kier alpha value is -3.12. The highest BCUT2D eigenvalue weighted by Crippen LogP contribution is 2.38. The summed E-state index contributed by atoms with van der Waals surface area (Å²) in [5.41, 5.74) is 3.92. The third-order valence-corrected chi connectivity index (χ3v) is 7.20. The Morgan fingerprint density at radius 3 is 2.42 bits per heavy atom. The van der Waals surface area contributed by atoms with E-state index < -0.39 is 0 Å². The van der Waals surface area contributed by atoms with Crippen LogP contribution in [0.5, 0.6) is 5.75 Å². The van der Waals surface area contributed by atoms with Crippen LogP contribution >= 0.6 is 11.3 Å². The number of rotatable bonds is 6. The van der Waals surface area contributed by atoms with Crippen LogP contribution in [0.1, 0.15) is 51.8 Å². The monoisotopic (exact) mass is 462 g/mol. The number of carbonyl (C=O) groups is 2. The maximum atomic E-state index is 13.7. The van der Waals surface area contributed by atoms with Crippen LogP contribution in [-0.2, 0) is 11.2 Å². The summed E-state index contributed by atoms with van der Waals surface area (Å²) in [4.78, 5) is 31.8. The van der Waals surface area contributed by atoms with Crippen LogP contribution in [0.3, 0.4) is 0 Å². The highest BCUT2D eigenvalue weighted by atomic mass is 32.1. The van der Waals surface area contributed by atoms with E-state index in [1.54, 1.807) is 23.3 Å². The van der Waals surface area contributed by atoms with Gasteiger partial charge in [0.1, 0.15) is 12.3 Å². The average molecular weight is 463 g/mol. The third-order valence-electron chi connectivity index (χ3n) is 6.21. The van der Waals surface area contributed by atoms with Crippen molar-refractivity contribution < 1.29 is 14.3 Å². The van der Waals surface area contributed by atoms with Gasteiger partial charge in [0.05, 0.1) is 13.2 Å². The number of ether oxygens (including phenoxy) is 1. The fourth-order valence-corrected chi connectivity index (χ4v) is 5.22. The number of aryl methyl sites for hydroxylation is 1. The average Bonchev–Trinajstić information content (AvgIpc) is 3.30. The van der Waals surface area contributed by atoms with E-state index >= 15 is 0 Å². The smallest absolute Gasteiger partial charge is 0.254 e. The van der Waals surface area contributed by atoms with Crippen molar-refractivity contribution in [2.75, 3.05) is 20.2 Å². The molecule has 0 radical (unpaired) electrons. The van der Waals surface area contributed by atoms with Gasteiger partial charge in [-0.15, -0.1) is 11.3 Å². The summed E-state index contributed by atoms with van der Waals surface area (Å²) in [6.45, 7) is 6.58. The molecule has 1 atom stereocenters. The first kappa shape index (κ1) is 23.1. The molecule has 1 unspecified atom stereocenters. The summed E-state index contributed by atoms with van der Waals surface area (Å²) in [5, 5.41) is 2.09. The minimum Gasteiger partial charge on any atom is -0.497 e. The van der Waals surface area contributed by atoms with E-state index in [2.05, 4.69) is 11.4 Å². The van der Waals surface area contributed by atoms with E-state index in [1.807, 2.05) is 74.2 Å². The van der Waals surface area contributed by atoms with Gasteiger partial charge in [0.2, 0.25) is 5.91 Å². The van der Waals surface area contributed by atoms with Crippen molar-refractivity contribution >= 4 is 23.2 Å². The lowest BCUT2D eigenvalue weighted by atomic mass is 9.93. The first-order valence-electron chi connectivity index (χ1n) is 11.3. The van der Waals surface area contributed by atoms with Gasteiger partial charge in [-0.1, -0.05) is 29.8 Å². The molecule has 0 saturated heterocycles. The molecule has 2 amide bonds. The Morgan fingerprint density at radius 1 is 1.09 bits per heavy atom. The summed E-state index contributed by atoms with van der Waals surface area (Å²) in [6.07, 6.45) is 0.832. The lowest BCUT2D eigenvalue weighted by Gasteiger charge is -2.38. The summed E-state index contributed by atoms with van der Waals surface area (Å²) in [5.74, 6) is 0.627. The Bertz CT molecular complexity index is 1120. The predicted octanol–water partition coefficient (Wildman–Crippen LogP) is 5.09. The molecule has 6 heteroatoms. The van der Waals surface area contributed by atoms with Crippen molar-refractivity contribution in [3.8, 4) is 5.75 Å². The molecule has 0 spiro atoms. The maximum absolute atomic E-state index is 13.7. The van der Waals surface area contributed by atoms with E-state index in [9.17, 15) is 9.59 Å². The molecule has 0 N–H and O–H groups in total. The number of benzene rings is 2. The number of nitrogens with zero attached hydrogens (tertiary/aromatic N) is 2. The molecule has 1 aromatic heterocycles. The van der Waals surface area contributed by atoms with Crippen molar-refractivity contribution in [1.29, 1.82) is 0 Å². The molecule has 2 aromatic carbocycles. The van der Waals surface area contributed by atoms with E-state index in [1.165, 1.54) is 10.4 Å². The summed E-state index contributed by atoms with van der Waals surface area (Å²) >= 11 is 1.74. The minimum atomic E-state index is -0.165. The van der Waals surface area contributed by atoms with Gasteiger partial charge in [-0.05, 0) is 74.0 Å². The van der Waals surface area contributed by atoms with Crippen LogP contribution in [0, 0.1) is 6.92 Å². The van der Waals surface area contributed by atoms with E-state index in [0.29, 0.717) is 12.1 Å². The molecule has 0 bridgehead atoms. The number of carbonyl (C=O) groups excluding carboxylic acids is 2. The number of fused-ring (bicyclic) bond motifs is 1. The SMILES string of the molecule is COc1ccc(C2c3ccsc3CCN2C(=O)CN(C(=O)c2ccc(C)cc2)C(C)C)cc1. The topological polar surface area (TPSA) is 49.9 Å². The maximum Gasteiger partial charge on any atom is 0.254 e. The van der Waals surface area contributed by atoms with Crippen LogP contribution in [0.15, 0.2) is 60.0 Å². The molecule has 1 aliphatic rings. The summed E-state index contributed by atoms with van der Waals surface area (Å²) < 4.78 is 5.32. The van der Waals surface area contributed by atoms with Gasteiger partial charge in [0, 0.05) is 23.0 Å². The first-order chi connectivity index (χ1) is 15.9. The van der Waals surface area contributed by atoms with Crippen LogP contribution in [0.2, 0.25) is 0 Å². The lowest BCUT2D eigenvalue weighted by Crippen LogP contribution is -2.48. The van der Waals surface area contributed by atoms with Crippen molar-refractivity contribution in [2.45, 2.75) is 39.3 Å². The van der Waals surface area contributed by atoms with Gasteiger partial charge in [-0.3, -0.25) is 9.59 Å². The zero-order chi connectivity index (χ0) is 23.5. The van der Waals surface area contributed by atoms with Crippen molar-refractivity contribution in [3.05, 3.63) is 87.1 Å². The standard InChI is InChI=1S/C27H30N2O3S/c1-18(2)29(27(31)21-7-5-19(3)6-8-21)17-25(30)28-15-13-24-23(14-16-33-24)26(28)20-9-11-22(32-4)12-10-20/h5-12,14,16,18,26H,13,15,17H2,1-4H3. The molecule has 3 aromatic rings. The minimum absolute atomic E-state index is 0.0400. The van der Waals surface area contributed by atoms with Crippen molar-refractivity contribution in [1.82, 2.24) is 9.80 Å². The molecule has 172 valence electrons. The highest BCUT2D eigenvalue weighted by molar-refractivity contribution is 7.10. The Kier molecular flexibility index (Phi) is 6.84. The van der Waals surface area contributed by atoms with Crippen LogP contribution in [0.4, 0.5) is 0 Å². The van der Waals surface area contributed by atoms with Gasteiger partial charge in [0.25, 0.3) is 5.91 Å². The Balaban J connectivity index is 1.61. The van der Waals surface area contributed by atoms with E-state index in [0.717, 1.165) is 23.3 Å². The fourth-order valence-electron chi connectivity index (χ4n) is 4.32. The lowest BCUT2D eigenvalue weighted by molar-refractivity contribution is -0.134. The highest BCUT2D eigenvalue weighted by Gasteiger charge is 2.34. The number of amides is 2. The number of hydrogen-bond donors (Lipinski definition) is 0. The van der Waals surface area contributed by atoms with Gasteiger partial charge < -0.3 is 14.5 Å². The van der Waals surface area contributed by atoms with Crippen LogP contribution in [0.25, 0.3) is 0 Å². The quantitative estimate of drug-likeness (QED) is 0.513. The van der Waals surface area contributed by atoms with Gasteiger partial charge in [-0.25, -0.2) is 0 Å². The summed E-state index contributed by atoms with van der Waals surface area (Å²) in [7, 11) is 1.65. The third kappa shape index (κ3) is 4.81. The molecule has 4 rings (SSSR count). The molecule has 0 fully saturated rings. The predicted molar refractivity (Wildman–Crippen MR) is 132 cm³/mol. The second kappa shape index (κ2) is 9.79. The first-order valence-corrected chi connectivity index (χ1v) is 12.1. The molecule has 0 saturated carbocycles. The number of hydrogen-bond acceptors (Lipinski definition) is 4. The number of methoxy groups -OCH3 is 1. The molecule has 1 aliphatic heterocycles. The zero-order valence-corrected chi connectivity index (χ0v) is 20.4. The Morgan fingerprint density at radius 2 is 1.79 bits per heavy atom. The molecular weight excluding hydrogens is 432 g/mol. The molecule has 5 nitrogen and oxygen atoms in total. The van der Waals surface area contributed by atoms with Gasteiger partial charge >= 0.3 is 0 Å². The molecule has 2 heterocycles. The second-order valence-corrected chi connectivity index (χ2v) is 9.71. The van der Waals surface area contributed by atoms with E-state index in [-0.39, 0.29) is 30.4 Å². The van der Waals surface area contributed by atoms with Crippen molar-refractivity contribution in [3.63, 3.8) is 0 Å². The van der Waals surface area contributed by atoms with E-state index in [4.69, 9.17) is 4.74 Å². The molecular formula is C27H30N2O3S. The fraction of sp³-hybridized carbons (Fsp3) is 0.333.